The van der Waals surface area contributed by atoms with Crippen LogP contribution in [0.3, 0.4) is 0 Å². The van der Waals surface area contributed by atoms with Crippen LogP contribution in [0.4, 0.5) is 8.78 Å². The van der Waals surface area contributed by atoms with Crippen LogP contribution in [0.1, 0.15) is 17.2 Å². The van der Waals surface area contributed by atoms with E-state index in [1.165, 1.54) is 6.07 Å². The lowest BCUT2D eigenvalue weighted by molar-refractivity contribution is 0.164. The quantitative estimate of drug-likeness (QED) is 0.723. The van der Waals surface area contributed by atoms with Crippen molar-refractivity contribution in [1.82, 2.24) is 15.1 Å². The summed E-state index contributed by atoms with van der Waals surface area (Å²) in [6, 6.07) is 13.3. The van der Waals surface area contributed by atoms with Gasteiger partial charge in [-0.15, -0.1) is 0 Å². The van der Waals surface area contributed by atoms with Crippen LogP contribution in [-0.2, 0) is 13.6 Å². The largest absolute Gasteiger partial charge is 0.387 e. The number of benzene rings is 2. The molecule has 1 aromatic heterocycles. The van der Waals surface area contributed by atoms with E-state index in [4.69, 9.17) is 0 Å². The summed E-state index contributed by atoms with van der Waals surface area (Å²) in [6.07, 6.45) is 0.615. The highest BCUT2D eigenvalue weighted by molar-refractivity contribution is 5.62. The summed E-state index contributed by atoms with van der Waals surface area (Å²) in [6.45, 7) is 0.451. The number of aromatic nitrogens is 2. The second kappa shape index (κ2) is 7.55. The lowest BCUT2D eigenvalue weighted by atomic mass is 10.1. The molecule has 130 valence electrons. The lowest BCUT2D eigenvalue weighted by Crippen LogP contribution is -2.22. The Morgan fingerprint density at radius 1 is 1.08 bits per heavy atom. The van der Waals surface area contributed by atoms with E-state index in [0.717, 1.165) is 29.0 Å². The summed E-state index contributed by atoms with van der Waals surface area (Å²) in [4.78, 5) is 0. The van der Waals surface area contributed by atoms with Gasteiger partial charge in [-0.1, -0.05) is 36.4 Å². The Morgan fingerprint density at radius 3 is 2.44 bits per heavy atom. The third-order valence-corrected chi connectivity index (χ3v) is 3.94. The van der Waals surface area contributed by atoms with Crippen molar-refractivity contribution in [2.45, 2.75) is 12.6 Å². The Morgan fingerprint density at radius 2 is 1.76 bits per heavy atom. The molecule has 6 heteroatoms. The van der Waals surface area contributed by atoms with Crippen LogP contribution in [0.2, 0.25) is 0 Å². The van der Waals surface area contributed by atoms with Crippen LogP contribution in [0.15, 0.2) is 54.7 Å². The fraction of sp³-hybridized carbons (Fsp3) is 0.211. The number of halogens is 2. The zero-order chi connectivity index (χ0) is 17.8. The van der Waals surface area contributed by atoms with Crippen molar-refractivity contribution >= 4 is 0 Å². The molecule has 0 aliphatic carbocycles. The van der Waals surface area contributed by atoms with Gasteiger partial charge in [0.25, 0.3) is 0 Å². The van der Waals surface area contributed by atoms with Crippen LogP contribution >= 0.6 is 0 Å². The third kappa shape index (κ3) is 3.92. The fourth-order valence-corrected chi connectivity index (χ4v) is 2.78. The molecule has 3 aromatic rings. The first-order valence-corrected chi connectivity index (χ1v) is 7.97. The number of hydrogen-bond donors (Lipinski definition) is 2. The lowest BCUT2D eigenvalue weighted by Gasteiger charge is -2.14. The monoisotopic (exact) mass is 343 g/mol. The maximum atomic E-state index is 13.7. The van der Waals surface area contributed by atoms with E-state index in [1.807, 2.05) is 43.6 Å². The highest BCUT2D eigenvalue weighted by Gasteiger charge is 2.18. The molecule has 25 heavy (non-hydrogen) atoms. The number of rotatable bonds is 6. The topological polar surface area (TPSA) is 50.1 Å². The number of aliphatic hydroxyl groups excluding tert-OH is 1. The van der Waals surface area contributed by atoms with Crippen molar-refractivity contribution in [3.63, 3.8) is 0 Å². The van der Waals surface area contributed by atoms with Gasteiger partial charge in [0.15, 0.2) is 0 Å². The van der Waals surface area contributed by atoms with Gasteiger partial charge in [0.1, 0.15) is 11.6 Å². The summed E-state index contributed by atoms with van der Waals surface area (Å²) < 4.78 is 29.1. The van der Waals surface area contributed by atoms with Crippen molar-refractivity contribution in [3.8, 4) is 11.3 Å². The van der Waals surface area contributed by atoms with Crippen LogP contribution in [0.25, 0.3) is 11.3 Å². The molecule has 0 bridgehead atoms. The molecule has 4 nitrogen and oxygen atoms in total. The van der Waals surface area contributed by atoms with Gasteiger partial charge < -0.3 is 10.4 Å². The number of hydrogen-bond acceptors (Lipinski definition) is 3. The zero-order valence-electron chi connectivity index (χ0n) is 13.8. The minimum Gasteiger partial charge on any atom is -0.387 e. The van der Waals surface area contributed by atoms with Crippen molar-refractivity contribution in [3.05, 3.63) is 77.5 Å². The Labute approximate surface area is 144 Å². The Hall–Kier alpha value is -2.57. The number of nitrogens with one attached hydrogen (secondary N) is 1. The molecule has 1 unspecified atom stereocenters. The molecule has 3 rings (SSSR count). The predicted molar refractivity (Wildman–Crippen MR) is 91.7 cm³/mol. The molecule has 0 aliphatic rings. The summed E-state index contributed by atoms with van der Waals surface area (Å²) in [7, 11) is 1.83. The third-order valence-electron chi connectivity index (χ3n) is 3.94. The molecule has 0 spiro atoms. The van der Waals surface area contributed by atoms with Gasteiger partial charge in [0, 0.05) is 37.5 Å². The molecule has 0 amide bonds. The minimum absolute atomic E-state index is 0.0287. The fourth-order valence-electron chi connectivity index (χ4n) is 2.78. The first-order valence-electron chi connectivity index (χ1n) is 7.97. The smallest absolute Gasteiger partial charge is 0.131 e. The molecule has 0 saturated carbocycles. The van der Waals surface area contributed by atoms with Crippen LogP contribution in [0, 0.1) is 11.6 Å². The standard InChI is InChI=1S/C19H19F2N3O/c1-24-12-14(19(23-24)13-6-3-2-4-7-13)10-22-11-17(25)18-15(20)8-5-9-16(18)21/h2-9,12,17,22,25H,10-11H2,1H3. The van der Waals surface area contributed by atoms with Gasteiger partial charge in [-0.05, 0) is 12.1 Å². The van der Waals surface area contributed by atoms with E-state index >= 15 is 0 Å². The Bertz CT molecular complexity index is 829. The average molecular weight is 343 g/mol. The van der Waals surface area contributed by atoms with Gasteiger partial charge >= 0.3 is 0 Å². The SMILES string of the molecule is Cn1cc(CNCC(O)c2c(F)cccc2F)c(-c2ccccc2)n1. The predicted octanol–water partition coefficient (Wildman–Crippen LogP) is 3.19. The minimum atomic E-state index is -1.27. The maximum Gasteiger partial charge on any atom is 0.131 e. The van der Waals surface area contributed by atoms with E-state index < -0.39 is 17.7 Å². The second-order valence-electron chi connectivity index (χ2n) is 5.82. The summed E-state index contributed by atoms with van der Waals surface area (Å²) in [5.41, 5.74) is 2.45. The first kappa shape index (κ1) is 17.3. The number of nitrogens with zero attached hydrogens (tertiary/aromatic N) is 2. The van der Waals surface area contributed by atoms with E-state index in [-0.39, 0.29) is 12.1 Å². The zero-order valence-corrected chi connectivity index (χ0v) is 13.8. The number of aliphatic hydroxyl groups is 1. The van der Waals surface area contributed by atoms with E-state index in [0.29, 0.717) is 6.54 Å². The molecule has 2 N–H and O–H groups in total. The van der Waals surface area contributed by atoms with Gasteiger partial charge in [-0.2, -0.15) is 5.10 Å². The molecule has 1 heterocycles. The van der Waals surface area contributed by atoms with Crippen LogP contribution < -0.4 is 5.32 Å². The summed E-state index contributed by atoms with van der Waals surface area (Å²) in [5.74, 6) is -1.50. The molecule has 1 atom stereocenters. The number of aryl methyl sites for hydroxylation is 1. The molecule has 2 aromatic carbocycles. The molecular formula is C19H19F2N3O. The highest BCUT2D eigenvalue weighted by atomic mass is 19.1. The second-order valence-corrected chi connectivity index (χ2v) is 5.82. The molecule has 0 fully saturated rings. The normalized spacial score (nSPS) is 12.3. The molecule has 0 radical (unpaired) electrons. The molecule has 0 aliphatic heterocycles. The van der Waals surface area contributed by atoms with Gasteiger partial charge in [-0.25, -0.2) is 8.78 Å². The van der Waals surface area contributed by atoms with Crippen LogP contribution in [-0.4, -0.2) is 21.4 Å². The van der Waals surface area contributed by atoms with Gasteiger partial charge in [0.05, 0.1) is 17.4 Å². The van der Waals surface area contributed by atoms with E-state index in [2.05, 4.69) is 10.4 Å². The maximum absolute atomic E-state index is 13.7. The van der Waals surface area contributed by atoms with Crippen molar-refractivity contribution in [2.24, 2.45) is 7.05 Å². The van der Waals surface area contributed by atoms with Crippen molar-refractivity contribution in [1.29, 1.82) is 0 Å². The summed E-state index contributed by atoms with van der Waals surface area (Å²) in [5, 5.41) is 17.6. The van der Waals surface area contributed by atoms with Gasteiger partial charge in [0.2, 0.25) is 0 Å². The molecule has 0 saturated heterocycles. The Balaban J connectivity index is 1.69. The van der Waals surface area contributed by atoms with E-state index in [9.17, 15) is 13.9 Å². The van der Waals surface area contributed by atoms with Gasteiger partial charge in [-0.3, -0.25) is 4.68 Å². The first-order chi connectivity index (χ1) is 12.1. The summed E-state index contributed by atoms with van der Waals surface area (Å²) >= 11 is 0. The molecular weight excluding hydrogens is 324 g/mol. The Kier molecular flexibility index (Phi) is 5.21. The van der Waals surface area contributed by atoms with E-state index in [1.54, 1.807) is 4.68 Å². The highest BCUT2D eigenvalue weighted by Crippen LogP contribution is 2.22. The van der Waals surface area contributed by atoms with Crippen LogP contribution in [0.5, 0.6) is 0 Å². The van der Waals surface area contributed by atoms with Crippen molar-refractivity contribution in [2.75, 3.05) is 6.54 Å². The average Bonchev–Trinajstić information content (AvgIpc) is 2.96. The van der Waals surface area contributed by atoms with Crippen molar-refractivity contribution < 1.29 is 13.9 Å².